The predicted octanol–water partition coefficient (Wildman–Crippen LogP) is 3.78. The van der Waals surface area contributed by atoms with Crippen molar-refractivity contribution in [3.05, 3.63) is 52.7 Å². The van der Waals surface area contributed by atoms with Gasteiger partial charge in [0.1, 0.15) is 17.8 Å². The molecule has 160 valence electrons. The third-order valence-corrected chi connectivity index (χ3v) is 5.47. The molecule has 2 aromatic rings. The molecular weight excluding hydrogens is 390 g/mol. The molecule has 0 aliphatic heterocycles. The van der Waals surface area contributed by atoms with Crippen molar-refractivity contribution in [1.82, 2.24) is 10.3 Å². The molecule has 6 nitrogen and oxygen atoms in total. The molecule has 1 aliphatic carbocycles. The number of nitriles is 1. The lowest BCUT2D eigenvalue weighted by atomic mass is 9.85. The van der Waals surface area contributed by atoms with E-state index in [1.165, 1.54) is 6.20 Å². The second kappa shape index (κ2) is 8.43. The van der Waals surface area contributed by atoms with E-state index in [2.05, 4.69) is 10.3 Å². The standard InChI is InChI=1S/C25H27N3O3/c1-14-8-17(19-7-6-16(12-26)13-27-19)9-15(2)22(14)23-20(29)10-18(24(23)31)11-21(30)28-25(3,4)5/h6-9,13,18,23H,10-11H2,1-5H3,(H,28,30). The highest BCUT2D eigenvalue weighted by molar-refractivity contribution is 6.15. The third kappa shape index (κ3) is 4.88. The maximum Gasteiger partial charge on any atom is 0.221 e. The van der Waals surface area contributed by atoms with Crippen LogP contribution in [-0.2, 0) is 14.4 Å². The average Bonchev–Trinajstić information content (AvgIpc) is 2.93. The molecule has 1 aromatic heterocycles. The van der Waals surface area contributed by atoms with Crippen LogP contribution in [0, 0.1) is 31.1 Å². The van der Waals surface area contributed by atoms with Crippen LogP contribution in [0.5, 0.6) is 0 Å². The first kappa shape index (κ1) is 22.4. The van der Waals surface area contributed by atoms with Crippen molar-refractivity contribution < 1.29 is 14.4 Å². The number of benzene rings is 1. The van der Waals surface area contributed by atoms with E-state index in [1.54, 1.807) is 12.1 Å². The zero-order valence-electron chi connectivity index (χ0n) is 18.6. The minimum atomic E-state index is -0.824. The quantitative estimate of drug-likeness (QED) is 0.763. The molecule has 2 atom stereocenters. The van der Waals surface area contributed by atoms with Gasteiger partial charge >= 0.3 is 0 Å². The summed E-state index contributed by atoms with van der Waals surface area (Å²) >= 11 is 0. The summed E-state index contributed by atoms with van der Waals surface area (Å²) in [4.78, 5) is 42.5. The maximum absolute atomic E-state index is 13.1. The molecule has 31 heavy (non-hydrogen) atoms. The van der Waals surface area contributed by atoms with E-state index in [4.69, 9.17) is 5.26 Å². The Morgan fingerprint density at radius 2 is 1.84 bits per heavy atom. The van der Waals surface area contributed by atoms with Crippen molar-refractivity contribution in [3.8, 4) is 17.3 Å². The number of ketones is 2. The van der Waals surface area contributed by atoms with Gasteiger partial charge in [-0.1, -0.05) is 0 Å². The van der Waals surface area contributed by atoms with Gasteiger partial charge in [-0.25, -0.2) is 0 Å². The van der Waals surface area contributed by atoms with E-state index in [0.717, 1.165) is 27.9 Å². The summed E-state index contributed by atoms with van der Waals surface area (Å²) in [5.74, 6) is -1.93. The number of aryl methyl sites for hydroxylation is 2. The molecule has 1 amide bonds. The highest BCUT2D eigenvalue weighted by atomic mass is 16.2. The fourth-order valence-electron chi connectivity index (χ4n) is 4.23. The lowest BCUT2D eigenvalue weighted by molar-refractivity contribution is -0.129. The van der Waals surface area contributed by atoms with Gasteiger partial charge in [0.2, 0.25) is 5.91 Å². The van der Waals surface area contributed by atoms with Crippen molar-refractivity contribution in [1.29, 1.82) is 5.26 Å². The Bertz CT molecular complexity index is 1070. The number of carbonyl (C=O) groups excluding carboxylic acids is 3. The Kier molecular flexibility index (Phi) is 6.08. The van der Waals surface area contributed by atoms with E-state index < -0.39 is 11.8 Å². The summed E-state index contributed by atoms with van der Waals surface area (Å²) in [5, 5.41) is 11.8. The molecule has 1 aromatic carbocycles. The van der Waals surface area contributed by atoms with Gasteiger partial charge in [-0.05, 0) is 75.6 Å². The Labute approximate surface area is 182 Å². The van der Waals surface area contributed by atoms with Crippen LogP contribution < -0.4 is 5.32 Å². The highest BCUT2D eigenvalue weighted by Gasteiger charge is 2.44. The van der Waals surface area contributed by atoms with E-state index in [-0.39, 0.29) is 35.9 Å². The average molecular weight is 418 g/mol. The van der Waals surface area contributed by atoms with Gasteiger partial charge in [-0.3, -0.25) is 19.4 Å². The number of carbonyl (C=O) groups is 3. The third-order valence-electron chi connectivity index (χ3n) is 5.47. The zero-order valence-corrected chi connectivity index (χ0v) is 18.6. The number of hydrogen-bond donors (Lipinski definition) is 1. The molecule has 1 fully saturated rings. The van der Waals surface area contributed by atoms with E-state index in [1.807, 2.05) is 52.8 Å². The van der Waals surface area contributed by atoms with Crippen LogP contribution in [-0.4, -0.2) is 28.0 Å². The number of nitrogens with one attached hydrogen (secondary N) is 1. The van der Waals surface area contributed by atoms with Crippen molar-refractivity contribution in [3.63, 3.8) is 0 Å². The number of aromatic nitrogens is 1. The zero-order chi connectivity index (χ0) is 22.9. The van der Waals surface area contributed by atoms with Crippen LogP contribution in [0.4, 0.5) is 0 Å². The number of Topliss-reactive ketones (excluding diaryl/α,β-unsaturated/α-hetero) is 2. The summed E-state index contributed by atoms with van der Waals surface area (Å²) < 4.78 is 0. The lowest BCUT2D eigenvalue weighted by Gasteiger charge is -2.21. The van der Waals surface area contributed by atoms with Gasteiger partial charge in [-0.15, -0.1) is 0 Å². The van der Waals surface area contributed by atoms with Gasteiger partial charge in [-0.2, -0.15) is 5.26 Å². The Morgan fingerprint density at radius 1 is 1.19 bits per heavy atom. The SMILES string of the molecule is Cc1cc(-c2ccc(C#N)cn2)cc(C)c1C1C(=O)CC(CC(=O)NC(C)(C)C)C1=O. The summed E-state index contributed by atoms with van der Waals surface area (Å²) in [6, 6.07) is 9.36. The van der Waals surface area contributed by atoms with Crippen LogP contribution in [0.25, 0.3) is 11.3 Å². The predicted molar refractivity (Wildman–Crippen MR) is 117 cm³/mol. The van der Waals surface area contributed by atoms with E-state index in [0.29, 0.717) is 5.56 Å². The fourth-order valence-corrected chi connectivity index (χ4v) is 4.23. The number of nitrogens with zero attached hydrogens (tertiary/aromatic N) is 2. The summed E-state index contributed by atoms with van der Waals surface area (Å²) in [5.41, 5.74) is 4.09. The molecule has 0 saturated heterocycles. The van der Waals surface area contributed by atoms with E-state index >= 15 is 0 Å². The Hall–Kier alpha value is -3.33. The lowest BCUT2D eigenvalue weighted by Crippen LogP contribution is -2.41. The molecule has 0 spiro atoms. The first-order chi connectivity index (χ1) is 14.5. The number of amides is 1. The summed E-state index contributed by atoms with van der Waals surface area (Å²) in [7, 11) is 0. The van der Waals surface area contributed by atoms with Gasteiger partial charge < -0.3 is 5.32 Å². The van der Waals surface area contributed by atoms with E-state index in [9.17, 15) is 14.4 Å². The fraction of sp³-hybridized carbons (Fsp3) is 0.400. The van der Waals surface area contributed by atoms with Crippen molar-refractivity contribution in [2.45, 2.75) is 58.9 Å². The Morgan fingerprint density at radius 3 is 2.35 bits per heavy atom. The van der Waals surface area contributed by atoms with Gasteiger partial charge in [0.05, 0.1) is 11.3 Å². The highest BCUT2D eigenvalue weighted by Crippen LogP contribution is 2.38. The summed E-state index contributed by atoms with van der Waals surface area (Å²) in [6.45, 7) is 9.41. The second-order valence-electron chi connectivity index (χ2n) is 9.27. The topological polar surface area (TPSA) is 99.9 Å². The molecular formula is C25H27N3O3. The monoisotopic (exact) mass is 417 g/mol. The number of hydrogen-bond acceptors (Lipinski definition) is 5. The Balaban J connectivity index is 1.86. The number of pyridine rings is 1. The van der Waals surface area contributed by atoms with Gasteiger partial charge in [0, 0.05) is 36.1 Å². The van der Waals surface area contributed by atoms with Gasteiger partial charge in [0.15, 0.2) is 5.78 Å². The molecule has 0 radical (unpaired) electrons. The van der Waals surface area contributed by atoms with Crippen molar-refractivity contribution >= 4 is 17.5 Å². The van der Waals surface area contributed by atoms with Crippen LogP contribution in [0.2, 0.25) is 0 Å². The first-order valence-electron chi connectivity index (χ1n) is 10.4. The minimum absolute atomic E-state index is 0.0314. The first-order valence-corrected chi connectivity index (χ1v) is 10.4. The molecule has 1 saturated carbocycles. The second-order valence-corrected chi connectivity index (χ2v) is 9.27. The molecule has 6 heteroatoms. The van der Waals surface area contributed by atoms with Crippen LogP contribution in [0.3, 0.4) is 0 Å². The summed E-state index contributed by atoms with van der Waals surface area (Å²) in [6.07, 6.45) is 1.65. The van der Waals surface area contributed by atoms with Crippen LogP contribution in [0.15, 0.2) is 30.5 Å². The minimum Gasteiger partial charge on any atom is -0.351 e. The normalized spacial score (nSPS) is 18.7. The molecule has 1 aliphatic rings. The van der Waals surface area contributed by atoms with Crippen LogP contribution >= 0.6 is 0 Å². The molecule has 0 bridgehead atoms. The maximum atomic E-state index is 13.1. The molecule has 1 heterocycles. The largest absolute Gasteiger partial charge is 0.351 e. The molecule has 2 unspecified atom stereocenters. The molecule has 3 rings (SSSR count). The van der Waals surface area contributed by atoms with Crippen molar-refractivity contribution in [2.75, 3.05) is 0 Å². The van der Waals surface area contributed by atoms with Crippen LogP contribution in [0.1, 0.15) is 61.8 Å². The number of rotatable bonds is 4. The van der Waals surface area contributed by atoms with Crippen molar-refractivity contribution in [2.24, 2.45) is 5.92 Å². The van der Waals surface area contributed by atoms with Gasteiger partial charge in [0.25, 0.3) is 0 Å². The smallest absolute Gasteiger partial charge is 0.221 e. The molecule has 1 N–H and O–H groups in total.